The lowest BCUT2D eigenvalue weighted by Crippen LogP contribution is -2.44. The molecule has 1 saturated heterocycles. The quantitative estimate of drug-likeness (QED) is 0.724. The van der Waals surface area contributed by atoms with Crippen molar-refractivity contribution in [2.45, 2.75) is 37.3 Å². The van der Waals surface area contributed by atoms with E-state index in [0.717, 1.165) is 0 Å². The molecular weight excluding hydrogens is 375 g/mol. The van der Waals surface area contributed by atoms with E-state index in [-0.39, 0.29) is 19.4 Å². The van der Waals surface area contributed by atoms with Crippen molar-refractivity contribution in [3.63, 3.8) is 0 Å². The van der Waals surface area contributed by atoms with Gasteiger partial charge in [-0.1, -0.05) is 29.8 Å². The summed E-state index contributed by atoms with van der Waals surface area (Å²) in [5.41, 5.74) is 1.72. The molecule has 4 atom stereocenters. The van der Waals surface area contributed by atoms with Crippen molar-refractivity contribution in [1.82, 2.24) is 0 Å². The van der Waals surface area contributed by atoms with Gasteiger partial charge in [0.25, 0.3) is 0 Å². The molecule has 0 aliphatic carbocycles. The fraction of sp³-hybridized carbons (Fsp3) is 0.400. The monoisotopic (exact) mass is 396 g/mol. The first-order valence-electron chi connectivity index (χ1n) is 8.66. The van der Waals surface area contributed by atoms with Crippen molar-refractivity contribution in [2.75, 3.05) is 13.7 Å². The second kappa shape index (κ2) is 8.54. The molecule has 27 heavy (non-hydrogen) atoms. The minimum Gasteiger partial charge on any atom is -0.497 e. The van der Waals surface area contributed by atoms with E-state index in [9.17, 15) is 19.7 Å². The van der Waals surface area contributed by atoms with E-state index >= 15 is 0 Å². The molecule has 2 aromatic carbocycles. The highest BCUT2D eigenvalue weighted by atomic mass is 35.5. The Morgan fingerprint density at radius 3 is 2.63 bits per heavy atom. The van der Waals surface area contributed by atoms with Crippen molar-refractivity contribution in [3.05, 3.63) is 63.9 Å². The molecule has 3 N–H and O–H groups in total. The highest BCUT2D eigenvalue weighted by Gasteiger charge is 2.37. The van der Waals surface area contributed by atoms with Crippen LogP contribution in [0.5, 0.6) is 5.75 Å². The minimum atomic E-state index is -1.13. The Kier molecular flexibility index (Phi) is 6.34. The van der Waals surface area contributed by atoms with Crippen molar-refractivity contribution >= 4 is 11.6 Å². The molecule has 146 valence electrons. The van der Waals surface area contributed by atoms with Crippen LogP contribution in [0.4, 0.5) is 4.39 Å². The molecule has 1 aliphatic heterocycles. The Labute approximate surface area is 161 Å². The molecule has 0 bridgehead atoms. The van der Waals surface area contributed by atoms with E-state index < -0.39 is 30.2 Å². The van der Waals surface area contributed by atoms with E-state index in [1.807, 2.05) is 0 Å². The van der Waals surface area contributed by atoms with Gasteiger partial charge >= 0.3 is 0 Å². The number of hydrogen-bond acceptors (Lipinski definition) is 5. The predicted molar refractivity (Wildman–Crippen MR) is 98.5 cm³/mol. The number of ether oxygens (including phenoxy) is 2. The third kappa shape index (κ3) is 4.42. The summed E-state index contributed by atoms with van der Waals surface area (Å²) in [4.78, 5) is 0. The standard InChI is InChI=1S/C20H22ClFO5/c1-26-14-4-2-11(17(22)8-14)6-13-7-12(3-5-16(13)21)20-19(25)18(24)9-15(10-23)27-20/h2-5,7-8,15,18-20,23-25H,6,9-10H2,1H3/t15-,18-,19+,20-/m0/s1. The number of benzene rings is 2. The largest absolute Gasteiger partial charge is 0.497 e. The van der Waals surface area contributed by atoms with Crippen LogP contribution in [-0.4, -0.2) is 47.3 Å². The van der Waals surface area contributed by atoms with Gasteiger partial charge in [-0.2, -0.15) is 0 Å². The molecule has 0 radical (unpaired) electrons. The number of halogens is 2. The summed E-state index contributed by atoms with van der Waals surface area (Å²) >= 11 is 6.28. The molecule has 0 saturated carbocycles. The van der Waals surface area contributed by atoms with Gasteiger partial charge in [0.1, 0.15) is 23.8 Å². The summed E-state index contributed by atoms with van der Waals surface area (Å²) in [6.45, 7) is -0.252. The van der Waals surface area contributed by atoms with Crippen LogP contribution in [0.2, 0.25) is 5.02 Å². The maximum Gasteiger partial charge on any atom is 0.130 e. The molecule has 1 heterocycles. The smallest absolute Gasteiger partial charge is 0.130 e. The lowest BCUT2D eigenvalue weighted by Gasteiger charge is -2.37. The third-order valence-corrected chi connectivity index (χ3v) is 5.16. The average Bonchev–Trinajstić information content (AvgIpc) is 2.67. The van der Waals surface area contributed by atoms with Gasteiger partial charge in [-0.05, 0) is 28.8 Å². The highest BCUT2D eigenvalue weighted by Crippen LogP contribution is 2.34. The molecule has 1 aliphatic rings. The number of aliphatic hydroxyl groups excluding tert-OH is 3. The van der Waals surface area contributed by atoms with E-state index in [2.05, 4.69) is 0 Å². The van der Waals surface area contributed by atoms with Crippen LogP contribution in [-0.2, 0) is 11.2 Å². The van der Waals surface area contributed by atoms with Gasteiger partial charge in [0, 0.05) is 23.9 Å². The molecule has 2 aromatic rings. The second-order valence-electron chi connectivity index (χ2n) is 6.64. The number of hydrogen-bond donors (Lipinski definition) is 3. The zero-order valence-electron chi connectivity index (χ0n) is 14.8. The van der Waals surface area contributed by atoms with Gasteiger partial charge in [-0.15, -0.1) is 0 Å². The minimum absolute atomic E-state index is 0.158. The van der Waals surface area contributed by atoms with E-state index in [1.165, 1.54) is 13.2 Å². The molecule has 0 aromatic heterocycles. The predicted octanol–water partition coefficient (Wildman–Crippen LogP) is 2.62. The van der Waals surface area contributed by atoms with Crippen LogP contribution in [0.1, 0.15) is 29.2 Å². The van der Waals surface area contributed by atoms with Gasteiger partial charge < -0.3 is 24.8 Å². The van der Waals surface area contributed by atoms with Crippen LogP contribution >= 0.6 is 11.6 Å². The van der Waals surface area contributed by atoms with Gasteiger partial charge in [0.2, 0.25) is 0 Å². The molecule has 0 spiro atoms. The first kappa shape index (κ1) is 20.0. The summed E-state index contributed by atoms with van der Waals surface area (Å²) in [6.07, 6.45) is -3.09. The maximum atomic E-state index is 14.3. The van der Waals surface area contributed by atoms with Crippen LogP contribution in [0.25, 0.3) is 0 Å². The Morgan fingerprint density at radius 1 is 1.19 bits per heavy atom. The number of methoxy groups -OCH3 is 1. The van der Waals surface area contributed by atoms with Crippen molar-refractivity contribution in [1.29, 1.82) is 0 Å². The van der Waals surface area contributed by atoms with Crippen LogP contribution in [0.3, 0.4) is 0 Å². The van der Waals surface area contributed by atoms with E-state index in [1.54, 1.807) is 30.3 Å². The van der Waals surface area contributed by atoms with Crippen LogP contribution in [0.15, 0.2) is 36.4 Å². The third-order valence-electron chi connectivity index (χ3n) is 4.79. The summed E-state index contributed by atoms with van der Waals surface area (Å²) in [7, 11) is 1.47. The maximum absolute atomic E-state index is 14.3. The second-order valence-corrected chi connectivity index (χ2v) is 7.05. The molecule has 3 rings (SSSR count). The van der Waals surface area contributed by atoms with Crippen molar-refractivity contribution < 1.29 is 29.2 Å². The first-order valence-corrected chi connectivity index (χ1v) is 9.04. The zero-order valence-corrected chi connectivity index (χ0v) is 15.6. The summed E-state index contributed by atoms with van der Waals surface area (Å²) < 4.78 is 25.0. The lowest BCUT2D eigenvalue weighted by molar-refractivity contribution is -0.179. The normalized spacial score (nSPS) is 25.4. The van der Waals surface area contributed by atoms with Gasteiger partial charge in [0.15, 0.2) is 0 Å². The SMILES string of the molecule is COc1ccc(Cc2cc([C@@H]3O[C@H](CO)C[C@H](O)[C@H]3O)ccc2Cl)c(F)c1. The number of rotatable bonds is 5. The topological polar surface area (TPSA) is 79.2 Å². The molecule has 0 unspecified atom stereocenters. The Balaban J connectivity index is 1.88. The molecule has 7 heteroatoms. The fourth-order valence-electron chi connectivity index (χ4n) is 3.26. The fourth-order valence-corrected chi connectivity index (χ4v) is 3.44. The van der Waals surface area contributed by atoms with E-state index in [0.29, 0.717) is 27.5 Å². The lowest BCUT2D eigenvalue weighted by atomic mass is 9.91. The Morgan fingerprint density at radius 2 is 1.96 bits per heavy atom. The van der Waals surface area contributed by atoms with Crippen molar-refractivity contribution in [3.8, 4) is 5.75 Å². The van der Waals surface area contributed by atoms with Crippen LogP contribution in [0, 0.1) is 5.82 Å². The number of aliphatic hydroxyl groups is 3. The van der Waals surface area contributed by atoms with Crippen LogP contribution < -0.4 is 4.74 Å². The van der Waals surface area contributed by atoms with Gasteiger partial charge in [0.05, 0.1) is 25.9 Å². The summed E-state index contributed by atoms with van der Waals surface area (Å²) in [5.74, 6) is 0.0272. The first-order chi connectivity index (χ1) is 12.9. The van der Waals surface area contributed by atoms with E-state index in [4.69, 9.17) is 21.1 Å². The average molecular weight is 397 g/mol. The summed E-state index contributed by atoms with van der Waals surface area (Å²) in [5, 5.41) is 30.1. The Bertz CT molecular complexity index is 800. The van der Waals surface area contributed by atoms with Gasteiger partial charge in [-0.3, -0.25) is 0 Å². The zero-order chi connectivity index (χ0) is 19.6. The summed E-state index contributed by atoms with van der Waals surface area (Å²) in [6, 6.07) is 9.69. The Hall–Kier alpha value is -1.70. The molecule has 1 fully saturated rings. The van der Waals surface area contributed by atoms with Gasteiger partial charge in [-0.25, -0.2) is 4.39 Å². The molecule has 0 amide bonds. The molecule has 5 nitrogen and oxygen atoms in total. The van der Waals surface area contributed by atoms with Crippen molar-refractivity contribution in [2.24, 2.45) is 0 Å². The molecular formula is C20H22ClFO5. The highest BCUT2D eigenvalue weighted by molar-refractivity contribution is 6.31.